The van der Waals surface area contributed by atoms with Crippen LogP contribution in [0.2, 0.25) is 0 Å². The number of amides is 1. The van der Waals surface area contributed by atoms with Gasteiger partial charge in [0.05, 0.1) is 25.0 Å². The maximum absolute atomic E-state index is 12.7. The van der Waals surface area contributed by atoms with E-state index < -0.39 is 0 Å². The molecule has 3 aromatic heterocycles. The van der Waals surface area contributed by atoms with Gasteiger partial charge in [0.15, 0.2) is 5.82 Å². The third-order valence-corrected chi connectivity index (χ3v) is 4.17. The Morgan fingerprint density at radius 2 is 1.79 bits per heavy atom. The molecule has 0 aliphatic rings. The molecule has 1 aromatic carbocycles. The van der Waals surface area contributed by atoms with Crippen molar-refractivity contribution in [2.45, 2.75) is 13.1 Å². The van der Waals surface area contributed by atoms with Crippen molar-refractivity contribution in [1.82, 2.24) is 20.3 Å². The van der Waals surface area contributed by atoms with Crippen LogP contribution in [0.15, 0.2) is 83.6 Å². The molecule has 7 heteroatoms. The Bertz CT molecular complexity index is 1070. The number of nitrogens with one attached hydrogen (secondary N) is 2. The van der Waals surface area contributed by atoms with Crippen molar-refractivity contribution in [3.8, 4) is 11.4 Å². The molecule has 0 spiro atoms. The maximum Gasteiger partial charge on any atom is 0.270 e. The third kappa shape index (κ3) is 4.84. The van der Waals surface area contributed by atoms with E-state index in [0.717, 1.165) is 11.3 Å². The summed E-state index contributed by atoms with van der Waals surface area (Å²) in [6.07, 6.45) is 3.30. The molecule has 0 saturated heterocycles. The predicted molar refractivity (Wildman–Crippen MR) is 109 cm³/mol. The Kier molecular flexibility index (Phi) is 5.57. The molecule has 0 bridgehead atoms. The van der Waals surface area contributed by atoms with Crippen LogP contribution < -0.4 is 10.6 Å². The molecule has 0 atom stereocenters. The fraction of sp³-hybridized carbons (Fsp3) is 0.0909. The van der Waals surface area contributed by atoms with Gasteiger partial charge in [0.25, 0.3) is 5.91 Å². The monoisotopic (exact) mass is 385 g/mol. The Morgan fingerprint density at radius 3 is 2.55 bits per heavy atom. The fourth-order valence-corrected chi connectivity index (χ4v) is 2.73. The number of furan rings is 1. The topological polar surface area (TPSA) is 92.9 Å². The minimum Gasteiger partial charge on any atom is -0.467 e. The van der Waals surface area contributed by atoms with Gasteiger partial charge >= 0.3 is 0 Å². The number of rotatable bonds is 7. The number of hydrogen-bond donors (Lipinski definition) is 2. The van der Waals surface area contributed by atoms with E-state index in [9.17, 15) is 4.79 Å². The second kappa shape index (κ2) is 8.79. The lowest BCUT2D eigenvalue weighted by molar-refractivity contribution is 0.0943. The molecule has 4 rings (SSSR count). The van der Waals surface area contributed by atoms with Gasteiger partial charge in [-0.25, -0.2) is 9.97 Å². The lowest BCUT2D eigenvalue weighted by atomic mass is 10.2. The largest absolute Gasteiger partial charge is 0.467 e. The van der Waals surface area contributed by atoms with Crippen molar-refractivity contribution < 1.29 is 9.21 Å². The first-order valence-corrected chi connectivity index (χ1v) is 9.17. The van der Waals surface area contributed by atoms with Crippen molar-refractivity contribution in [2.75, 3.05) is 5.32 Å². The highest BCUT2D eigenvalue weighted by molar-refractivity contribution is 5.93. The van der Waals surface area contributed by atoms with E-state index in [1.807, 2.05) is 48.5 Å². The van der Waals surface area contributed by atoms with Gasteiger partial charge in [-0.15, -0.1) is 0 Å². The van der Waals surface area contributed by atoms with Gasteiger partial charge in [-0.2, -0.15) is 0 Å². The summed E-state index contributed by atoms with van der Waals surface area (Å²) in [5.41, 5.74) is 1.97. The molecule has 0 saturated carbocycles. The van der Waals surface area contributed by atoms with Gasteiger partial charge in [-0.1, -0.05) is 36.4 Å². The first-order chi connectivity index (χ1) is 14.3. The highest BCUT2D eigenvalue weighted by atomic mass is 16.3. The summed E-state index contributed by atoms with van der Waals surface area (Å²) in [6, 6.07) is 20.5. The zero-order chi connectivity index (χ0) is 19.9. The van der Waals surface area contributed by atoms with Crippen molar-refractivity contribution >= 4 is 11.7 Å². The van der Waals surface area contributed by atoms with Gasteiger partial charge in [-0.05, 0) is 24.3 Å². The Morgan fingerprint density at radius 1 is 0.931 bits per heavy atom. The lowest BCUT2D eigenvalue weighted by Crippen LogP contribution is -2.24. The van der Waals surface area contributed by atoms with Crippen LogP contribution in [0, 0.1) is 0 Å². The van der Waals surface area contributed by atoms with E-state index >= 15 is 0 Å². The molecule has 4 aromatic rings. The van der Waals surface area contributed by atoms with Crippen molar-refractivity contribution in [2.24, 2.45) is 0 Å². The molecular weight excluding hydrogens is 366 g/mol. The Hall–Kier alpha value is -4.00. The van der Waals surface area contributed by atoms with Gasteiger partial charge < -0.3 is 15.1 Å². The SMILES string of the molecule is O=C(NCc1ccco1)c1cc(NCc2ccccn2)nc(-c2ccccc2)n1. The molecule has 0 aliphatic heterocycles. The Labute approximate surface area is 167 Å². The molecule has 0 radical (unpaired) electrons. The normalized spacial score (nSPS) is 10.5. The average molecular weight is 385 g/mol. The van der Waals surface area contributed by atoms with Gasteiger partial charge in [0.1, 0.15) is 17.3 Å². The number of carbonyl (C=O) groups excluding carboxylic acids is 1. The van der Waals surface area contributed by atoms with Gasteiger partial charge in [0, 0.05) is 17.8 Å². The number of benzene rings is 1. The molecule has 29 heavy (non-hydrogen) atoms. The number of carbonyl (C=O) groups is 1. The predicted octanol–water partition coefficient (Wildman–Crippen LogP) is 3.67. The third-order valence-electron chi connectivity index (χ3n) is 4.17. The highest BCUT2D eigenvalue weighted by Gasteiger charge is 2.13. The summed E-state index contributed by atoms with van der Waals surface area (Å²) < 4.78 is 5.26. The zero-order valence-electron chi connectivity index (χ0n) is 15.6. The summed E-state index contributed by atoms with van der Waals surface area (Å²) in [4.78, 5) is 26.0. The first kappa shape index (κ1) is 18.4. The van der Waals surface area contributed by atoms with Crippen LogP contribution in [0.5, 0.6) is 0 Å². The van der Waals surface area contributed by atoms with Crippen molar-refractivity contribution in [1.29, 1.82) is 0 Å². The number of pyridine rings is 1. The van der Waals surface area contributed by atoms with Crippen LogP contribution in [0.4, 0.5) is 5.82 Å². The van der Waals surface area contributed by atoms with Crippen LogP contribution in [-0.4, -0.2) is 20.9 Å². The Balaban J connectivity index is 1.58. The molecule has 3 heterocycles. The minimum atomic E-state index is -0.304. The van der Waals surface area contributed by atoms with Crippen LogP contribution in [0.1, 0.15) is 21.9 Å². The standard InChI is InChI=1S/C22H19N5O2/c28-22(25-15-18-10-6-12-29-18)19-13-20(24-14-17-9-4-5-11-23-17)27-21(26-19)16-7-2-1-3-8-16/h1-13H,14-15H2,(H,25,28)(H,24,26,27). The molecule has 144 valence electrons. The smallest absolute Gasteiger partial charge is 0.270 e. The second-order valence-electron chi connectivity index (χ2n) is 6.26. The summed E-state index contributed by atoms with van der Waals surface area (Å²) in [5.74, 6) is 1.39. The van der Waals surface area contributed by atoms with E-state index in [1.165, 1.54) is 0 Å². The number of anilines is 1. The summed E-state index contributed by atoms with van der Waals surface area (Å²) >= 11 is 0. The van der Waals surface area contributed by atoms with E-state index in [-0.39, 0.29) is 18.1 Å². The van der Waals surface area contributed by atoms with Crippen LogP contribution in [0.25, 0.3) is 11.4 Å². The highest BCUT2D eigenvalue weighted by Crippen LogP contribution is 2.18. The summed E-state index contributed by atoms with van der Waals surface area (Å²) in [7, 11) is 0. The molecule has 1 amide bonds. The average Bonchev–Trinajstić information content (AvgIpc) is 3.31. The molecule has 2 N–H and O–H groups in total. The van der Waals surface area contributed by atoms with Crippen LogP contribution >= 0.6 is 0 Å². The van der Waals surface area contributed by atoms with Crippen molar-refractivity contribution in [3.05, 3.63) is 96.3 Å². The van der Waals surface area contributed by atoms with E-state index in [1.54, 1.807) is 30.7 Å². The molecule has 0 unspecified atom stereocenters. The van der Waals surface area contributed by atoms with E-state index in [0.29, 0.717) is 23.9 Å². The number of hydrogen-bond acceptors (Lipinski definition) is 6. The minimum absolute atomic E-state index is 0.272. The van der Waals surface area contributed by atoms with Crippen LogP contribution in [0.3, 0.4) is 0 Å². The first-order valence-electron chi connectivity index (χ1n) is 9.17. The number of aromatic nitrogens is 3. The van der Waals surface area contributed by atoms with Gasteiger partial charge in [0.2, 0.25) is 0 Å². The summed E-state index contributed by atoms with van der Waals surface area (Å²) in [6.45, 7) is 0.771. The van der Waals surface area contributed by atoms with E-state index in [2.05, 4.69) is 25.6 Å². The lowest BCUT2D eigenvalue weighted by Gasteiger charge is -2.10. The quantitative estimate of drug-likeness (QED) is 0.504. The molecule has 0 aliphatic carbocycles. The molecule has 7 nitrogen and oxygen atoms in total. The fourth-order valence-electron chi connectivity index (χ4n) is 2.73. The second-order valence-corrected chi connectivity index (χ2v) is 6.26. The van der Waals surface area contributed by atoms with Crippen molar-refractivity contribution in [3.63, 3.8) is 0 Å². The zero-order valence-corrected chi connectivity index (χ0v) is 15.6. The molecule has 0 fully saturated rings. The maximum atomic E-state index is 12.7. The molecular formula is C22H19N5O2. The summed E-state index contributed by atoms with van der Waals surface area (Å²) in [5, 5.41) is 6.04. The van der Waals surface area contributed by atoms with Gasteiger partial charge in [-0.3, -0.25) is 9.78 Å². The van der Waals surface area contributed by atoms with Crippen LogP contribution in [-0.2, 0) is 13.1 Å². The van der Waals surface area contributed by atoms with E-state index in [4.69, 9.17) is 4.42 Å². The number of nitrogens with zero attached hydrogens (tertiary/aromatic N) is 3.